The van der Waals surface area contributed by atoms with Crippen LogP contribution in [0, 0.1) is 18.7 Å². The van der Waals surface area contributed by atoms with E-state index >= 15 is 0 Å². The Morgan fingerprint density at radius 2 is 2.25 bits per heavy atom. The van der Waals surface area contributed by atoms with Gasteiger partial charge in [-0.15, -0.1) is 11.3 Å². The predicted molar refractivity (Wildman–Crippen MR) is 88.7 cm³/mol. The van der Waals surface area contributed by atoms with Crippen LogP contribution in [0.4, 0.5) is 4.39 Å². The number of rotatable bonds is 5. The first-order chi connectivity index (χ1) is 11.5. The molecule has 1 fully saturated rings. The van der Waals surface area contributed by atoms with Crippen LogP contribution in [0.1, 0.15) is 39.9 Å². The first-order valence-electron chi connectivity index (χ1n) is 7.72. The van der Waals surface area contributed by atoms with Crippen molar-refractivity contribution in [1.82, 2.24) is 10.3 Å². The lowest BCUT2D eigenvalue weighted by Crippen LogP contribution is -2.41. The van der Waals surface area contributed by atoms with E-state index in [9.17, 15) is 14.3 Å². The summed E-state index contributed by atoms with van der Waals surface area (Å²) in [7, 11) is 1.51. The molecule has 5 nitrogen and oxygen atoms in total. The van der Waals surface area contributed by atoms with Gasteiger partial charge in [0, 0.05) is 10.9 Å². The minimum absolute atomic E-state index is 0.0272. The smallest absolute Gasteiger partial charge is 0.271 e. The largest absolute Gasteiger partial charge is 0.496 e. The third-order valence-corrected chi connectivity index (χ3v) is 5.06. The Morgan fingerprint density at radius 3 is 2.83 bits per heavy atom. The fourth-order valence-corrected chi connectivity index (χ4v) is 3.58. The first kappa shape index (κ1) is 16.9. The number of nitrogens with one attached hydrogen (secondary N) is 1. The third-order valence-electron chi connectivity index (χ3n) is 4.29. The second-order valence-electron chi connectivity index (χ2n) is 5.97. The molecule has 0 unspecified atom stereocenters. The number of amides is 1. The van der Waals surface area contributed by atoms with Crippen LogP contribution in [0.25, 0.3) is 0 Å². The predicted octanol–water partition coefficient (Wildman–Crippen LogP) is 2.84. The number of thiazole rings is 1. The Morgan fingerprint density at radius 1 is 1.50 bits per heavy atom. The highest BCUT2D eigenvalue weighted by molar-refractivity contribution is 7.09. The molecule has 0 radical (unpaired) electrons. The van der Waals surface area contributed by atoms with E-state index in [0.717, 1.165) is 5.01 Å². The van der Waals surface area contributed by atoms with Crippen LogP contribution in [-0.4, -0.2) is 29.2 Å². The van der Waals surface area contributed by atoms with Crippen molar-refractivity contribution < 1.29 is 19.0 Å². The number of hydrogen-bond acceptors (Lipinski definition) is 5. The van der Waals surface area contributed by atoms with Crippen molar-refractivity contribution in [3.05, 3.63) is 45.7 Å². The highest BCUT2D eigenvalue weighted by Crippen LogP contribution is 2.41. The number of aryl methyl sites for hydroxylation is 1. The Balaban J connectivity index is 1.89. The van der Waals surface area contributed by atoms with Crippen molar-refractivity contribution in [2.24, 2.45) is 5.92 Å². The molecule has 0 spiro atoms. The first-order valence-corrected chi connectivity index (χ1v) is 8.60. The lowest BCUT2D eigenvalue weighted by molar-refractivity contribution is 0.0230. The van der Waals surface area contributed by atoms with Crippen LogP contribution in [0.2, 0.25) is 0 Å². The fraction of sp³-hybridized carbons (Fsp3) is 0.412. The second-order valence-corrected chi connectivity index (χ2v) is 7.04. The molecule has 1 aromatic carbocycles. The zero-order valence-electron chi connectivity index (χ0n) is 13.5. The van der Waals surface area contributed by atoms with Crippen molar-refractivity contribution >= 4 is 17.2 Å². The van der Waals surface area contributed by atoms with E-state index in [1.807, 2.05) is 6.92 Å². The molecule has 1 amide bonds. The number of carbonyl (C=O) groups excluding carboxylic acids is 1. The lowest BCUT2D eigenvalue weighted by atomic mass is 9.74. The number of methoxy groups -OCH3 is 1. The van der Waals surface area contributed by atoms with Gasteiger partial charge in [-0.2, -0.15) is 0 Å². The summed E-state index contributed by atoms with van der Waals surface area (Å²) in [6.45, 7) is 1.83. The second kappa shape index (κ2) is 6.86. The molecule has 1 heterocycles. The van der Waals surface area contributed by atoms with Gasteiger partial charge in [-0.1, -0.05) is 0 Å². The van der Waals surface area contributed by atoms with Crippen molar-refractivity contribution in [3.63, 3.8) is 0 Å². The molecule has 0 bridgehead atoms. The van der Waals surface area contributed by atoms with E-state index in [2.05, 4.69) is 10.3 Å². The molecule has 2 aromatic rings. The van der Waals surface area contributed by atoms with Gasteiger partial charge in [0.1, 0.15) is 17.3 Å². The van der Waals surface area contributed by atoms with Crippen molar-refractivity contribution in [1.29, 1.82) is 0 Å². The molecule has 0 aliphatic heterocycles. The summed E-state index contributed by atoms with van der Waals surface area (Å²) in [4.78, 5) is 16.7. The zero-order valence-corrected chi connectivity index (χ0v) is 14.3. The third kappa shape index (κ3) is 3.42. The fourth-order valence-electron chi connectivity index (χ4n) is 2.98. The molecule has 1 saturated carbocycles. The van der Waals surface area contributed by atoms with Crippen LogP contribution in [-0.2, 0) is 0 Å². The zero-order chi connectivity index (χ0) is 17.3. The van der Waals surface area contributed by atoms with Gasteiger partial charge in [0.15, 0.2) is 0 Å². The van der Waals surface area contributed by atoms with Crippen LogP contribution in [0.3, 0.4) is 0 Å². The lowest BCUT2D eigenvalue weighted by Gasteiger charge is -2.38. The highest BCUT2D eigenvalue weighted by Gasteiger charge is 2.37. The maximum Gasteiger partial charge on any atom is 0.271 e. The summed E-state index contributed by atoms with van der Waals surface area (Å²) in [5.74, 6) is -0.164. The van der Waals surface area contributed by atoms with Gasteiger partial charge in [-0.05, 0) is 43.9 Å². The summed E-state index contributed by atoms with van der Waals surface area (Å²) >= 11 is 1.40. The Hall–Kier alpha value is -1.99. The van der Waals surface area contributed by atoms with Crippen molar-refractivity contribution in [3.8, 4) is 5.75 Å². The molecule has 3 rings (SSSR count). The molecule has 1 aromatic heterocycles. The van der Waals surface area contributed by atoms with Crippen LogP contribution in [0.15, 0.2) is 23.6 Å². The van der Waals surface area contributed by atoms with Crippen LogP contribution >= 0.6 is 11.3 Å². The maximum atomic E-state index is 13.7. The minimum atomic E-state index is -0.437. The molecular formula is C17H19FN2O3S. The monoisotopic (exact) mass is 350 g/mol. The maximum absolute atomic E-state index is 13.7. The molecule has 24 heavy (non-hydrogen) atoms. The molecule has 1 atom stereocenters. The molecule has 0 saturated heterocycles. The molecule has 128 valence electrons. The Labute approximate surface area is 143 Å². The van der Waals surface area contributed by atoms with E-state index in [4.69, 9.17) is 4.74 Å². The number of ether oxygens (including phenoxy) is 1. The normalized spacial score (nSPS) is 21.0. The summed E-state index contributed by atoms with van der Waals surface area (Å²) in [6.07, 6.45) is 0.733. The number of aliphatic hydroxyl groups excluding tert-OH is 1. The summed E-state index contributed by atoms with van der Waals surface area (Å²) in [6, 6.07) is 3.81. The number of benzene rings is 1. The number of aromatic nitrogens is 1. The van der Waals surface area contributed by atoms with Gasteiger partial charge >= 0.3 is 0 Å². The quantitative estimate of drug-likeness (QED) is 0.870. The average molecular weight is 350 g/mol. The average Bonchev–Trinajstić information content (AvgIpc) is 2.96. The summed E-state index contributed by atoms with van der Waals surface area (Å²) in [5, 5.41) is 15.1. The molecule has 2 N–H and O–H groups in total. The van der Waals surface area contributed by atoms with E-state index in [1.54, 1.807) is 11.4 Å². The number of carbonyl (C=O) groups is 1. The van der Waals surface area contributed by atoms with E-state index in [1.165, 1.54) is 30.6 Å². The van der Waals surface area contributed by atoms with Gasteiger partial charge in [-0.25, -0.2) is 9.37 Å². The van der Waals surface area contributed by atoms with Gasteiger partial charge in [0.2, 0.25) is 0 Å². The Bertz CT molecular complexity index is 743. The highest BCUT2D eigenvalue weighted by atomic mass is 32.1. The van der Waals surface area contributed by atoms with Crippen LogP contribution in [0.5, 0.6) is 5.75 Å². The standard InChI is InChI=1S/C17H19FN2O3S/c1-9-19-14(8-24-9)17(22)20-16(10-5-12(21)6-10)13-7-11(18)3-4-15(13)23-2/h3-4,7-8,10,12,16,21H,5-6H2,1-2H3,(H,20,22)/t10?,12?,16-/m0/s1. The van der Waals surface area contributed by atoms with Gasteiger partial charge in [0.25, 0.3) is 5.91 Å². The van der Waals surface area contributed by atoms with E-state index in [0.29, 0.717) is 29.8 Å². The molecular weight excluding hydrogens is 331 g/mol. The number of hydrogen-bond donors (Lipinski definition) is 2. The topological polar surface area (TPSA) is 71.5 Å². The summed E-state index contributed by atoms with van der Waals surface area (Å²) < 4.78 is 19.1. The molecule has 1 aliphatic rings. The van der Waals surface area contributed by atoms with Gasteiger partial charge in [-0.3, -0.25) is 4.79 Å². The molecule has 7 heteroatoms. The van der Waals surface area contributed by atoms with E-state index < -0.39 is 11.9 Å². The van der Waals surface area contributed by atoms with Crippen molar-refractivity contribution in [2.45, 2.75) is 31.9 Å². The number of halogens is 1. The SMILES string of the molecule is COc1ccc(F)cc1[C@@H](NC(=O)c1csc(C)n1)C1CC(O)C1. The van der Waals surface area contributed by atoms with Gasteiger partial charge < -0.3 is 15.2 Å². The number of nitrogens with zero attached hydrogens (tertiary/aromatic N) is 1. The van der Waals surface area contributed by atoms with Gasteiger partial charge in [0.05, 0.1) is 24.3 Å². The molecule has 1 aliphatic carbocycles. The van der Waals surface area contributed by atoms with Crippen LogP contribution < -0.4 is 10.1 Å². The van der Waals surface area contributed by atoms with E-state index in [-0.39, 0.29) is 17.9 Å². The minimum Gasteiger partial charge on any atom is -0.496 e. The number of aliphatic hydroxyl groups is 1. The summed E-state index contributed by atoms with van der Waals surface area (Å²) in [5.41, 5.74) is 0.924. The van der Waals surface area contributed by atoms with Crippen molar-refractivity contribution in [2.75, 3.05) is 7.11 Å². The Kier molecular flexibility index (Phi) is 4.82.